The summed E-state index contributed by atoms with van der Waals surface area (Å²) in [4.78, 5) is 8.77. The molecule has 2 aromatic rings. The summed E-state index contributed by atoms with van der Waals surface area (Å²) in [7, 11) is 1.64. The molecule has 0 aliphatic rings. The average molecular weight is 322 g/mol. The molecule has 4 nitrogen and oxygen atoms in total. The van der Waals surface area contributed by atoms with Crippen molar-refractivity contribution < 1.29 is 4.74 Å². The van der Waals surface area contributed by atoms with E-state index in [1.165, 1.54) is 0 Å². The predicted molar refractivity (Wildman–Crippen MR) is 79.1 cm³/mol. The Hall–Kier alpha value is -1.46. The zero-order valence-electron chi connectivity index (χ0n) is 11.0. The molecule has 1 aromatic carbocycles. The fourth-order valence-corrected chi connectivity index (χ4v) is 2.21. The maximum atomic E-state index is 5.20. The van der Waals surface area contributed by atoms with Gasteiger partial charge in [-0.1, -0.05) is 6.92 Å². The molecular formula is C14H16BrN3O. The maximum absolute atomic E-state index is 5.20. The molecule has 19 heavy (non-hydrogen) atoms. The van der Waals surface area contributed by atoms with Crippen LogP contribution < -0.4 is 10.1 Å². The van der Waals surface area contributed by atoms with Crippen molar-refractivity contribution in [3.63, 3.8) is 0 Å². The Morgan fingerprint density at radius 3 is 2.58 bits per heavy atom. The van der Waals surface area contributed by atoms with Gasteiger partial charge in [0, 0.05) is 30.1 Å². The van der Waals surface area contributed by atoms with Crippen molar-refractivity contribution in [3.8, 4) is 17.1 Å². The van der Waals surface area contributed by atoms with Gasteiger partial charge in [0.2, 0.25) is 0 Å². The van der Waals surface area contributed by atoms with E-state index in [4.69, 9.17) is 4.74 Å². The van der Waals surface area contributed by atoms with Crippen LogP contribution in [-0.2, 0) is 6.54 Å². The number of hydrogen-bond acceptors (Lipinski definition) is 4. The van der Waals surface area contributed by atoms with E-state index in [2.05, 4.69) is 38.1 Å². The summed E-state index contributed by atoms with van der Waals surface area (Å²) in [6, 6.07) is 5.80. The van der Waals surface area contributed by atoms with Crippen LogP contribution in [0.3, 0.4) is 0 Å². The number of methoxy groups -OCH3 is 1. The van der Waals surface area contributed by atoms with Crippen LogP contribution in [0.15, 0.2) is 35.1 Å². The van der Waals surface area contributed by atoms with E-state index in [0.29, 0.717) is 5.82 Å². The van der Waals surface area contributed by atoms with Crippen molar-refractivity contribution in [2.75, 3.05) is 13.7 Å². The third-order valence-corrected chi connectivity index (χ3v) is 3.31. The average Bonchev–Trinajstić information content (AvgIpc) is 2.45. The highest BCUT2D eigenvalue weighted by atomic mass is 79.9. The highest BCUT2D eigenvalue weighted by Gasteiger charge is 2.05. The molecule has 0 saturated carbocycles. The molecular weight excluding hydrogens is 306 g/mol. The Morgan fingerprint density at radius 1 is 1.26 bits per heavy atom. The molecule has 0 unspecified atom stereocenters. The monoisotopic (exact) mass is 321 g/mol. The van der Waals surface area contributed by atoms with E-state index in [0.717, 1.165) is 34.4 Å². The fraction of sp³-hybridized carbons (Fsp3) is 0.286. The summed E-state index contributed by atoms with van der Waals surface area (Å²) in [5.41, 5.74) is 2.04. The molecule has 0 aliphatic carbocycles. The first-order chi connectivity index (χ1) is 9.24. The van der Waals surface area contributed by atoms with Crippen LogP contribution in [0.1, 0.15) is 12.5 Å². The van der Waals surface area contributed by atoms with Crippen molar-refractivity contribution >= 4 is 15.9 Å². The molecule has 1 N–H and O–H groups in total. The minimum absolute atomic E-state index is 0.712. The molecule has 0 radical (unpaired) electrons. The second kappa shape index (κ2) is 6.63. The van der Waals surface area contributed by atoms with Gasteiger partial charge >= 0.3 is 0 Å². The highest BCUT2D eigenvalue weighted by molar-refractivity contribution is 9.10. The van der Waals surface area contributed by atoms with Gasteiger partial charge in [-0.05, 0) is 40.7 Å². The molecule has 0 spiro atoms. The van der Waals surface area contributed by atoms with E-state index in [1.54, 1.807) is 7.11 Å². The van der Waals surface area contributed by atoms with Gasteiger partial charge in [-0.3, -0.25) is 0 Å². The van der Waals surface area contributed by atoms with Gasteiger partial charge in [0.15, 0.2) is 5.82 Å². The Balaban J connectivity index is 2.19. The molecule has 0 aliphatic heterocycles. The first-order valence-electron chi connectivity index (χ1n) is 6.10. The van der Waals surface area contributed by atoms with Gasteiger partial charge in [0.1, 0.15) is 5.75 Å². The van der Waals surface area contributed by atoms with Gasteiger partial charge in [0.25, 0.3) is 0 Å². The summed E-state index contributed by atoms with van der Waals surface area (Å²) < 4.78 is 6.10. The number of nitrogens with zero attached hydrogens (tertiary/aromatic N) is 2. The summed E-state index contributed by atoms with van der Waals surface area (Å²) in [5.74, 6) is 1.51. The highest BCUT2D eigenvalue weighted by Crippen LogP contribution is 2.28. The normalized spacial score (nSPS) is 10.5. The standard InChI is InChI=1S/C14H16BrN3O/c1-3-16-7-10-8-17-14(18-9-10)11-4-5-13(19-2)12(15)6-11/h4-6,8-9,16H,3,7H2,1-2H3. The van der Waals surface area contributed by atoms with E-state index in [-0.39, 0.29) is 0 Å². The number of halogens is 1. The number of benzene rings is 1. The lowest BCUT2D eigenvalue weighted by Crippen LogP contribution is -2.12. The minimum atomic E-state index is 0.712. The third kappa shape index (κ3) is 3.52. The zero-order chi connectivity index (χ0) is 13.7. The summed E-state index contributed by atoms with van der Waals surface area (Å²) in [6.45, 7) is 3.81. The zero-order valence-corrected chi connectivity index (χ0v) is 12.6. The SMILES string of the molecule is CCNCc1cnc(-c2ccc(OC)c(Br)c2)nc1. The molecule has 5 heteroatoms. The van der Waals surface area contributed by atoms with E-state index in [9.17, 15) is 0 Å². The lowest BCUT2D eigenvalue weighted by atomic mass is 10.2. The van der Waals surface area contributed by atoms with Crippen LogP contribution in [0, 0.1) is 0 Å². The van der Waals surface area contributed by atoms with Crippen molar-refractivity contribution in [2.24, 2.45) is 0 Å². The Labute approximate surface area is 121 Å². The van der Waals surface area contributed by atoms with Crippen LogP contribution in [0.25, 0.3) is 11.4 Å². The Kier molecular flexibility index (Phi) is 4.87. The lowest BCUT2D eigenvalue weighted by molar-refractivity contribution is 0.412. The molecule has 0 bridgehead atoms. The van der Waals surface area contributed by atoms with Crippen LogP contribution in [0.2, 0.25) is 0 Å². The topological polar surface area (TPSA) is 47.0 Å². The molecule has 2 rings (SSSR count). The molecule has 1 aromatic heterocycles. The Bertz CT molecular complexity index is 543. The Morgan fingerprint density at radius 2 is 2.00 bits per heavy atom. The van der Waals surface area contributed by atoms with E-state index < -0.39 is 0 Å². The fourth-order valence-electron chi connectivity index (χ4n) is 1.67. The maximum Gasteiger partial charge on any atom is 0.159 e. The van der Waals surface area contributed by atoms with Gasteiger partial charge in [-0.15, -0.1) is 0 Å². The summed E-state index contributed by atoms with van der Waals surface area (Å²) >= 11 is 3.46. The minimum Gasteiger partial charge on any atom is -0.496 e. The largest absolute Gasteiger partial charge is 0.496 e. The third-order valence-electron chi connectivity index (χ3n) is 2.69. The number of rotatable bonds is 5. The lowest BCUT2D eigenvalue weighted by Gasteiger charge is -2.06. The predicted octanol–water partition coefficient (Wildman–Crippen LogP) is 3.02. The summed E-state index contributed by atoms with van der Waals surface area (Å²) in [5, 5.41) is 3.24. The second-order valence-corrected chi connectivity index (χ2v) is 4.90. The van der Waals surface area contributed by atoms with Gasteiger partial charge in [0.05, 0.1) is 11.6 Å². The smallest absolute Gasteiger partial charge is 0.159 e. The van der Waals surface area contributed by atoms with Crippen LogP contribution in [0.4, 0.5) is 0 Å². The number of aromatic nitrogens is 2. The van der Waals surface area contributed by atoms with Gasteiger partial charge in [-0.25, -0.2) is 9.97 Å². The molecule has 100 valence electrons. The molecule has 1 heterocycles. The molecule has 0 atom stereocenters. The quantitative estimate of drug-likeness (QED) is 0.919. The number of nitrogens with one attached hydrogen (secondary N) is 1. The molecule has 0 saturated heterocycles. The molecule has 0 fully saturated rings. The van der Waals surface area contributed by atoms with Gasteiger partial charge in [-0.2, -0.15) is 0 Å². The second-order valence-electron chi connectivity index (χ2n) is 4.04. The van der Waals surface area contributed by atoms with Crippen molar-refractivity contribution in [1.82, 2.24) is 15.3 Å². The number of hydrogen-bond donors (Lipinski definition) is 1. The van der Waals surface area contributed by atoms with Crippen molar-refractivity contribution in [3.05, 3.63) is 40.6 Å². The van der Waals surface area contributed by atoms with Crippen molar-refractivity contribution in [1.29, 1.82) is 0 Å². The van der Waals surface area contributed by atoms with Crippen LogP contribution in [0.5, 0.6) is 5.75 Å². The van der Waals surface area contributed by atoms with Crippen LogP contribution in [-0.4, -0.2) is 23.6 Å². The first-order valence-corrected chi connectivity index (χ1v) is 6.89. The first kappa shape index (κ1) is 14.0. The van der Waals surface area contributed by atoms with E-state index in [1.807, 2.05) is 30.6 Å². The summed E-state index contributed by atoms with van der Waals surface area (Å²) in [6.07, 6.45) is 3.70. The molecule has 0 amide bonds. The van der Waals surface area contributed by atoms with E-state index >= 15 is 0 Å². The van der Waals surface area contributed by atoms with Crippen LogP contribution >= 0.6 is 15.9 Å². The van der Waals surface area contributed by atoms with Gasteiger partial charge < -0.3 is 10.1 Å². The van der Waals surface area contributed by atoms with Crippen molar-refractivity contribution in [2.45, 2.75) is 13.5 Å². The number of ether oxygens (including phenoxy) is 1.